The van der Waals surface area contributed by atoms with Crippen LogP contribution in [0.1, 0.15) is 118 Å². The maximum Gasteiger partial charge on any atom is -0.0351 e. The maximum atomic E-state index is 2.32. The first-order chi connectivity index (χ1) is 9.83. The fraction of sp³-hybridized carbons (Fsp3) is 0.900. The van der Waals surface area contributed by atoms with Gasteiger partial charge in [0.25, 0.3) is 0 Å². The second-order valence-corrected chi connectivity index (χ2v) is 5.88. The van der Waals surface area contributed by atoms with Crippen LogP contribution in [0.3, 0.4) is 0 Å². The van der Waals surface area contributed by atoms with Crippen molar-refractivity contribution in [1.82, 2.24) is 0 Å². The standard InChI is InChI=1S/C10H22.C10H20/c2*1-3-5-7-9-10-8-6-4-2/h3-10H2,1-2H3;9-10H,3-8H2,1-2H3. The van der Waals surface area contributed by atoms with Crippen molar-refractivity contribution in [3.05, 3.63) is 12.2 Å². The van der Waals surface area contributed by atoms with Crippen molar-refractivity contribution in [2.45, 2.75) is 118 Å². The van der Waals surface area contributed by atoms with Gasteiger partial charge in [-0.05, 0) is 12.8 Å². The predicted molar refractivity (Wildman–Crippen MR) is 96.5 cm³/mol. The van der Waals surface area contributed by atoms with Crippen LogP contribution in [-0.2, 0) is 0 Å². The van der Waals surface area contributed by atoms with Gasteiger partial charge in [-0.25, -0.2) is 0 Å². The van der Waals surface area contributed by atoms with E-state index >= 15 is 0 Å². The van der Waals surface area contributed by atoms with Crippen LogP contribution in [0, 0.1) is 0 Å². The van der Waals surface area contributed by atoms with E-state index in [0.29, 0.717) is 0 Å². The van der Waals surface area contributed by atoms with E-state index in [-0.39, 0.29) is 0 Å². The summed E-state index contributed by atoms with van der Waals surface area (Å²) in [4.78, 5) is 0. The smallest absolute Gasteiger partial charge is 0.0351 e. The third kappa shape index (κ3) is 26.3. The average molecular weight is 283 g/mol. The van der Waals surface area contributed by atoms with Crippen LogP contribution >= 0.6 is 0 Å². The van der Waals surface area contributed by atoms with Crippen LogP contribution < -0.4 is 0 Å². The second kappa shape index (κ2) is 23.8. The van der Waals surface area contributed by atoms with Gasteiger partial charge < -0.3 is 0 Å². The molecule has 0 aromatic heterocycles. The molecule has 0 heterocycles. The lowest BCUT2D eigenvalue weighted by Crippen LogP contribution is -1.77. The predicted octanol–water partition coefficient (Wildman–Crippen LogP) is 8.07. The summed E-state index contributed by atoms with van der Waals surface area (Å²) in [6.07, 6.45) is 24.0. The van der Waals surface area contributed by atoms with Crippen LogP contribution in [-0.4, -0.2) is 0 Å². The van der Waals surface area contributed by atoms with Gasteiger partial charge in [-0.15, -0.1) is 0 Å². The molecule has 0 amide bonds. The molecule has 0 aromatic carbocycles. The van der Waals surface area contributed by atoms with E-state index in [9.17, 15) is 0 Å². The summed E-state index contributed by atoms with van der Waals surface area (Å²) in [5.74, 6) is 0. The first-order valence-electron chi connectivity index (χ1n) is 9.48. The lowest BCUT2D eigenvalue weighted by atomic mass is 10.1. The largest absolute Gasteiger partial charge is 0.0885 e. The van der Waals surface area contributed by atoms with Gasteiger partial charge in [0.2, 0.25) is 0 Å². The SMILES string of the molecule is CCCCC=CCCCC.CCCCCCCCCC. The highest BCUT2D eigenvalue weighted by molar-refractivity contribution is 4.80. The number of rotatable bonds is 13. The van der Waals surface area contributed by atoms with Crippen molar-refractivity contribution >= 4 is 0 Å². The molecule has 0 aliphatic heterocycles. The lowest BCUT2D eigenvalue weighted by Gasteiger charge is -1.97. The zero-order valence-electron chi connectivity index (χ0n) is 15.1. The third-order valence-corrected chi connectivity index (χ3v) is 3.57. The summed E-state index contributed by atoms with van der Waals surface area (Å²) in [6, 6.07) is 0. The van der Waals surface area contributed by atoms with Crippen LogP contribution in [0.25, 0.3) is 0 Å². The van der Waals surface area contributed by atoms with Crippen molar-refractivity contribution < 1.29 is 0 Å². The topological polar surface area (TPSA) is 0 Å². The third-order valence-electron chi connectivity index (χ3n) is 3.57. The minimum atomic E-state index is 1.28. The summed E-state index contributed by atoms with van der Waals surface area (Å²) in [6.45, 7) is 9.01. The molecule has 0 atom stereocenters. The Labute approximate surface area is 130 Å². The van der Waals surface area contributed by atoms with Crippen LogP contribution in [0.4, 0.5) is 0 Å². The minimum absolute atomic E-state index is 1.28. The molecular weight excluding hydrogens is 240 g/mol. The van der Waals surface area contributed by atoms with E-state index in [2.05, 4.69) is 39.8 Å². The first kappa shape index (κ1) is 22.0. The fourth-order valence-corrected chi connectivity index (χ4v) is 2.09. The van der Waals surface area contributed by atoms with E-state index in [1.807, 2.05) is 0 Å². The Morgan fingerprint density at radius 2 is 0.700 bits per heavy atom. The highest BCUT2D eigenvalue weighted by Crippen LogP contribution is 2.07. The Morgan fingerprint density at radius 1 is 0.400 bits per heavy atom. The molecule has 0 radical (unpaired) electrons. The zero-order valence-corrected chi connectivity index (χ0v) is 15.1. The van der Waals surface area contributed by atoms with E-state index in [4.69, 9.17) is 0 Å². The molecule has 0 unspecified atom stereocenters. The average Bonchev–Trinajstić information content (AvgIpc) is 2.47. The Balaban J connectivity index is 0. The Morgan fingerprint density at radius 3 is 1.00 bits per heavy atom. The summed E-state index contributed by atoms with van der Waals surface area (Å²) in [5, 5.41) is 0. The molecule has 0 aliphatic rings. The van der Waals surface area contributed by atoms with Crippen molar-refractivity contribution in [3.8, 4) is 0 Å². The number of hydrogen-bond acceptors (Lipinski definition) is 0. The van der Waals surface area contributed by atoms with E-state index in [1.165, 1.54) is 89.9 Å². The van der Waals surface area contributed by atoms with E-state index in [0.717, 1.165) is 0 Å². The monoisotopic (exact) mass is 282 g/mol. The highest BCUT2D eigenvalue weighted by Gasteiger charge is 1.87. The van der Waals surface area contributed by atoms with E-state index in [1.54, 1.807) is 0 Å². The zero-order chi connectivity index (χ0) is 15.3. The van der Waals surface area contributed by atoms with Gasteiger partial charge in [-0.1, -0.05) is 117 Å². The van der Waals surface area contributed by atoms with Crippen molar-refractivity contribution in [1.29, 1.82) is 0 Å². The molecule has 0 fully saturated rings. The first-order valence-corrected chi connectivity index (χ1v) is 9.48. The number of unbranched alkanes of at least 4 members (excludes halogenated alkanes) is 11. The highest BCUT2D eigenvalue weighted by atomic mass is 13.9. The molecule has 0 rings (SSSR count). The van der Waals surface area contributed by atoms with Crippen molar-refractivity contribution in [2.24, 2.45) is 0 Å². The van der Waals surface area contributed by atoms with Crippen molar-refractivity contribution in [3.63, 3.8) is 0 Å². The second-order valence-electron chi connectivity index (χ2n) is 5.88. The van der Waals surface area contributed by atoms with Crippen LogP contribution in [0.15, 0.2) is 12.2 Å². The molecule has 122 valence electrons. The van der Waals surface area contributed by atoms with E-state index < -0.39 is 0 Å². The van der Waals surface area contributed by atoms with Gasteiger partial charge in [-0.3, -0.25) is 0 Å². The van der Waals surface area contributed by atoms with Gasteiger partial charge in [0.15, 0.2) is 0 Å². The molecule has 0 heteroatoms. The normalized spacial score (nSPS) is 10.6. The summed E-state index contributed by atoms with van der Waals surface area (Å²) in [5.41, 5.74) is 0. The lowest BCUT2D eigenvalue weighted by molar-refractivity contribution is 0.585. The molecule has 0 bridgehead atoms. The molecule has 0 N–H and O–H groups in total. The molecule has 0 saturated heterocycles. The molecule has 0 spiro atoms. The number of allylic oxidation sites excluding steroid dienone is 2. The minimum Gasteiger partial charge on any atom is -0.0885 e. The van der Waals surface area contributed by atoms with Gasteiger partial charge in [0.05, 0.1) is 0 Å². The molecule has 0 aromatic rings. The van der Waals surface area contributed by atoms with Gasteiger partial charge >= 0.3 is 0 Å². The fourth-order valence-electron chi connectivity index (χ4n) is 2.09. The van der Waals surface area contributed by atoms with Crippen LogP contribution in [0.5, 0.6) is 0 Å². The quantitative estimate of drug-likeness (QED) is 0.236. The Bertz CT molecular complexity index is 139. The van der Waals surface area contributed by atoms with Crippen molar-refractivity contribution in [2.75, 3.05) is 0 Å². The molecule has 20 heavy (non-hydrogen) atoms. The maximum absolute atomic E-state index is 2.32. The summed E-state index contributed by atoms with van der Waals surface area (Å²) >= 11 is 0. The van der Waals surface area contributed by atoms with Gasteiger partial charge in [0, 0.05) is 0 Å². The summed E-state index contributed by atoms with van der Waals surface area (Å²) in [7, 11) is 0. The van der Waals surface area contributed by atoms with Gasteiger partial charge in [-0.2, -0.15) is 0 Å². The molecular formula is C20H42. The number of hydrogen-bond donors (Lipinski definition) is 0. The Kier molecular flexibility index (Phi) is 26.2. The molecule has 0 aliphatic carbocycles. The molecule has 0 saturated carbocycles. The Hall–Kier alpha value is -0.260. The van der Waals surface area contributed by atoms with Crippen LogP contribution in [0.2, 0.25) is 0 Å². The summed E-state index contributed by atoms with van der Waals surface area (Å²) < 4.78 is 0. The molecule has 0 nitrogen and oxygen atoms in total. The van der Waals surface area contributed by atoms with Gasteiger partial charge in [0.1, 0.15) is 0 Å².